The van der Waals surface area contributed by atoms with Crippen molar-refractivity contribution in [2.45, 2.75) is 13.5 Å². The second kappa shape index (κ2) is 9.85. The summed E-state index contributed by atoms with van der Waals surface area (Å²) in [5.74, 6) is 0.446. The summed E-state index contributed by atoms with van der Waals surface area (Å²) in [7, 11) is 3.34. The summed E-state index contributed by atoms with van der Waals surface area (Å²) in [4.78, 5) is 25.8. The van der Waals surface area contributed by atoms with E-state index in [4.69, 9.17) is 27.9 Å². The Hall–Kier alpha value is -3.03. The number of anilines is 1. The molecule has 0 spiro atoms. The van der Waals surface area contributed by atoms with Crippen LogP contribution in [0.4, 0.5) is 5.69 Å². The number of ether oxygens (including phenoxy) is 1. The predicted molar refractivity (Wildman–Crippen MR) is 123 cm³/mol. The van der Waals surface area contributed by atoms with Gasteiger partial charge >= 0.3 is 0 Å². The fourth-order valence-electron chi connectivity index (χ4n) is 2.67. The number of rotatable bonds is 7. The molecular weight excluding hydrogens is 439 g/mol. The molecule has 0 fully saturated rings. The molecule has 3 aromatic rings. The van der Waals surface area contributed by atoms with Crippen LogP contribution < -0.4 is 15.6 Å². The summed E-state index contributed by atoms with van der Waals surface area (Å²) in [6.07, 6.45) is 1.49. The Kier molecular flexibility index (Phi) is 7.20. The van der Waals surface area contributed by atoms with Crippen LogP contribution in [0.3, 0.4) is 0 Å². The summed E-state index contributed by atoms with van der Waals surface area (Å²) < 4.78 is 6.73. The summed E-state index contributed by atoms with van der Waals surface area (Å²) in [6.45, 7) is 2.23. The molecule has 0 bridgehead atoms. The minimum atomic E-state index is -0.453. The number of hydrogen-bond acceptors (Lipinski definition) is 5. The molecule has 7 nitrogen and oxygen atoms in total. The number of aromatic nitrogens is 2. The molecule has 9 heteroatoms. The molecule has 0 aliphatic carbocycles. The molecule has 0 radical (unpaired) electrons. The highest BCUT2D eigenvalue weighted by Crippen LogP contribution is 2.21. The molecule has 0 saturated heterocycles. The lowest BCUT2D eigenvalue weighted by Gasteiger charge is -2.13. The largest absolute Gasteiger partial charge is 0.484 e. The van der Waals surface area contributed by atoms with Crippen molar-refractivity contribution in [2.24, 2.45) is 0 Å². The first-order chi connectivity index (χ1) is 14.8. The Balaban J connectivity index is 1.72. The monoisotopic (exact) mass is 460 g/mol. The Labute approximate surface area is 190 Å². The van der Waals surface area contributed by atoms with E-state index in [0.717, 1.165) is 11.1 Å². The van der Waals surface area contributed by atoms with Crippen LogP contribution in [0.2, 0.25) is 10.0 Å². The van der Waals surface area contributed by atoms with Gasteiger partial charge in [0.15, 0.2) is 6.61 Å². The summed E-state index contributed by atoms with van der Waals surface area (Å²) in [5, 5.41) is 7.89. The lowest BCUT2D eigenvalue weighted by Crippen LogP contribution is -2.27. The number of amides is 1. The van der Waals surface area contributed by atoms with Crippen LogP contribution in [0.1, 0.15) is 11.1 Å². The SMILES string of the molecule is Cc1ccc(-n2ncc(NCc3cccc(OCC(=O)N(C)C)c3)c(Cl)c2=O)cc1Cl. The topological polar surface area (TPSA) is 76.5 Å². The van der Waals surface area contributed by atoms with E-state index in [2.05, 4.69) is 10.4 Å². The van der Waals surface area contributed by atoms with Gasteiger partial charge in [0.1, 0.15) is 10.8 Å². The lowest BCUT2D eigenvalue weighted by atomic mass is 10.2. The van der Waals surface area contributed by atoms with E-state index in [9.17, 15) is 9.59 Å². The molecule has 2 aromatic carbocycles. The van der Waals surface area contributed by atoms with Gasteiger partial charge in [0, 0.05) is 25.7 Å². The average Bonchev–Trinajstić information content (AvgIpc) is 2.75. The van der Waals surface area contributed by atoms with Gasteiger partial charge in [-0.1, -0.05) is 41.4 Å². The number of nitrogens with one attached hydrogen (secondary N) is 1. The van der Waals surface area contributed by atoms with Gasteiger partial charge in [0.05, 0.1) is 17.6 Å². The molecule has 0 unspecified atom stereocenters. The number of nitrogens with zero attached hydrogens (tertiary/aromatic N) is 3. The third kappa shape index (κ3) is 5.57. The maximum absolute atomic E-state index is 12.7. The van der Waals surface area contributed by atoms with Gasteiger partial charge in [-0.3, -0.25) is 9.59 Å². The first-order valence-corrected chi connectivity index (χ1v) is 10.2. The van der Waals surface area contributed by atoms with Crippen molar-refractivity contribution in [3.63, 3.8) is 0 Å². The van der Waals surface area contributed by atoms with Gasteiger partial charge in [0.2, 0.25) is 0 Å². The molecular formula is C22H22Cl2N4O3. The zero-order chi connectivity index (χ0) is 22.5. The van der Waals surface area contributed by atoms with Gasteiger partial charge in [-0.25, -0.2) is 0 Å². The highest BCUT2D eigenvalue weighted by molar-refractivity contribution is 6.33. The fourth-order valence-corrected chi connectivity index (χ4v) is 3.04. The molecule has 0 atom stereocenters. The van der Waals surface area contributed by atoms with Gasteiger partial charge < -0.3 is 15.0 Å². The minimum Gasteiger partial charge on any atom is -0.484 e. The first-order valence-electron chi connectivity index (χ1n) is 9.46. The van der Waals surface area contributed by atoms with Crippen molar-refractivity contribution < 1.29 is 9.53 Å². The number of hydrogen-bond donors (Lipinski definition) is 1. The van der Waals surface area contributed by atoms with E-state index in [1.807, 2.05) is 31.2 Å². The van der Waals surface area contributed by atoms with E-state index in [0.29, 0.717) is 28.7 Å². The van der Waals surface area contributed by atoms with Crippen LogP contribution in [-0.4, -0.2) is 41.3 Å². The predicted octanol–water partition coefficient (Wildman–Crippen LogP) is 3.93. The number of carbonyl (C=O) groups is 1. The maximum Gasteiger partial charge on any atom is 0.292 e. The fraction of sp³-hybridized carbons (Fsp3) is 0.227. The zero-order valence-corrected chi connectivity index (χ0v) is 18.9. The van der Waals surface area contributed by atoms with Crippen LogP contribution in [0.25, 0.3) is 5.69 Å². The average molecular weight is 461 g/mol. The maximum atomic E-state index is 12.7. The summed E-state index contributed by atoms with van der Waals surface area (Å²) in [5.41, 5.74) is 2.28. The van der Waals surface area contributed by atoms with Crippen LogP contribution in [0, 0.1) is 6.92 Å². The van der Waals surface area contributed by atoms with Crippen molar-refractivity contribution >= 4 is 34.8 Å². The molecule has 1 aromatic heterocycles. The molecule has 1 heterocycles. The van der Waals surface area contributed by atoms with E-state index in [-0.39, 0.29) is 17.5 Å². The Morgan fingerprint density at radius 2 is 1.97 bits per heavy atom. The van der Waals surface area contributed by atoms with E-state index in [1.165, 1.54) is 15.8 Å². The van der Waals surface area contributed by atoms with Crippen LogP contribution >= 0.6 is 23.2 Å². The zero-order valence-electron chi connectivity index (χ0n) is 17.4. The third-order valence-corrected chi connectivity index (χ3v) is 5.33. The Bertz CT molecular complexity index is 1160. The second-order valence-electron chi connectivity index (χ2n) is 7.10. The highest BCUT2D eigenvalue weighted by atomic mass is 35.5. The van der Waals surface area contributed by atoms with E-state index in [1.54, 1.807) is 32.3 Å². The molecule has 1 N–H and O–H groups in total. The third-order valence-electron chi connectivity index (χ3n) is 4.56. The molecule has 3 rings (SSSR count). The normalized spacial score (nSPS) is 10.6. The summed E-state index contributed by atoms with van der Waals surface area (Å²) in [6, 6.07) is 12.5. The second-order valence-corrected chi connectivity index (χ2v) is 7.89. The molecule has 0 aliphatic rings. The van der Waals surface area contributed by atoms with Gasteiger partial charge in [-0.15, -0.1) is 0 Å². The molecule has 0 saturated carbocycles. The standard InChI is InChI=1S/C22H22Cl2N4O3/c1-14-7-8-16(10-18(14)23)28-22(30)21(24)19(12-26-28)25-11-15-5-4-6-17(9-15)31-13-20(29)27(2)3/h4-10,12,25H,11,13H2,1-3H3. The first kappa shape index (κ1) is 22.7. The number of halogens is 2. The Morgan fingerprint density at radius 1 is 1.19 bits per heavy atom. The van der Waals surface area contributed by atoms with Crippen LogP contribution in [-0.2, 0) is 11.3 Å². The number of benzene rings is 2. The Morgan fingerprint density at radius 3 is 2.68 bits per heavy atom. The van der Waals surface area contributed by atoms with Gasteiger partial charge in [0.25, 0.3) is 11.5 Å². The summed E-state index contributed by atoms with van der Waals surface area (Å²) >= 11 is 12.4. The van der Waals surface area contributed by atoms with Crippen molar-refractivity contribution in [2.75, 3.05) is 26.0 Å². The quantitative estimate of drug-likeness (QED) is 0.577. The van der Waals surface area contributed by atoms with Crippen molar-refractivity contribution in [3.8, 4) is 11.4 Å². The molecule has 31 heavy (non-hydrogen) atoms. The van der Waals surface area contributed by atoms with Crippen molar-refractivity contribution in [1.82, 2.24) is 14.7 Å². The lowest BCUT2D eigenvalue weighted by molar-refractivity contribution is -0.130. The molecule has 162 valence electrons. The van der Waals surface area contributed by atoms with Gasteiger partial charge in [-0.2, -0.15) is 9.78 Å². The molecule has 1 amide bonds. The molecule has 0 aliphatic heterocycles. The number of likely N-dealkylation sites (N-methyl/N-ethyl adjacent to an activating group) is 1. The number of carbonyl (C=O) groups excluding carboxylic acids is 1. The van der Waals surface area contributed by atoms with Crippen LogP contribution in [0.15, 0.2) is 53.5 Å². The van der Waals surface area contributed by atoms with Crippen molar-refractivity contribution in [1.29, 1.82) is 0 Å². The van der Waals surface area contributed by atoms with Gasteiger partial charge in [-0.05, 0) is 42.3 Å². The number of aryl methyl sites for hydroxylation is 1. The van der Waals surface area contributed by atoms with E-state index < -0.39 is 5.56 Å². The van der Waals surface area contributed by atoms with E-state index >= 15 is 0 Å². The highest BCUT2D eigenvalue weighted by Gasteiger charge is 2.12. The minimum absolute atomic E-state index is 0.0238. The van der Waals surface area contributed by atoms with Crippen molar-refractivity contribution in [3.05, 3.63) is 80.2 Å². The smallest absolute Gasteiger partial charge is 0.292 e. The van der Waals surface area contributed by atoms with Crippen LogP contribution in [0.5, 0.6) is 5.75 Å².